The summed E-state index contributed by atoms with van der Waals surface area (Å²) >= 11 is 9.51. The molecule has 0 bridgehead atoms. The van der Waals surface area contributed by atoms with Gasteiger partial charge in [-0.25, -0.2) is 4.98 Å². The highest BCUT2D eigenvalue weighted by Crippen LogP contribution is 2.47. The highest BCUT2D eigenvalue weighted by molar-refractivity contribution is 8.00. The van der Waals surface area contributed by atoms with Crippen molar-refractivity contribution in [2.45, 2.75) is 28.7 Å². The molecular weight excluding hydrogens is 386 g/mol. The van der Waals surface area contributed by atoms with Crippen molar-refractivity contribution in [3.05, 3.63) is 70.6 Å². The predicted molar refractivity (Wildman–Crippen MR) is 107 cm³/mol. The number of carbonyl (C=O) groups excluding carboxylic acids is 1. The Kier molecular flexibility index (Phi) is 5.24. The Labute approximate surface area is 165 Å². The molecule has 0 radical (unpaired) electrons. The summed E-state index contributed by atoms with van der Waals surface area (Å²) in [5.74, 6) is 1.07. The molecular formula is C19H16ClN3OS2. The monoisotopic (exact) mass is 401 g/mol. The summed E-state index contributed by atoms with van der Waals surface area (Å²) < 4.78 is 1.16. The van der Waals surface area contributed by atoms with Crippen LogP contribution in [0.3, 0.4) is 0 Å². The van der Waals surface area contributed by atoms with Gasteiger partial charge in [0.2, 0.25) is 0 Å². The Morgan fingerprint density at radius 2 is 2.04 bits per heavy atom. The van der Waals surface area contributed by atoms with E-state index in [0.29, 0.717) is 16.7 Å². The second kappa shape index (κ2) is 7.78. The molecule has 2 heterocycles. The molecule has 2 aromatic heterocycles. The third-order valence-corrected chi connectivity index (χ3v) is 6.70. The molecule has 0 saturated heterocycles. The van der Waals surface area contributed by atoms with Gasteiger partial charge >= 0.3 is 0 Å². The van der Waals surface area contributed by atoms with Gasteiger partial charge in [0.05, 0.1) is 9.90 Å². The fourth-order valence-corrected chi connectivity index (χ4v) is 5.12. The number of aromatic nitrogens is 2. The number of hydrogen-bond acceptors (Lipinski definition) is 5. The van der Waals surface area contributed by atoms with Crippen molar-refractivity contribution in [2.75, 3.05) is 5.32 Å². The molecule has 7 heteroatoms. The molecule has 0 unspecified atom stereocenters. The lowest BCUT2D eigenvalue weighted by molar-refractivity contribution is 0.102. The second-order valence-electron chi connectivity index (χ2n) is 6.02. The van der Waals surface area contributed by atoms with Crippen molar-refractivity contribution in [1.29, 1.82) is 0 Å². The van der Waals surface area contributed by atoms with E-state index in [-0.39, 0.29) is 5.91 Å². The highest BCUT2D eigenvalue weighted by atomic mass is 35.5. The maximum atomic E-state index is 12.3. The number of rotatable bonds is 6. The van der Waals surface area contributed by atoms with E-state index in [1.807, 2.05) is 24.3 Å². The molecule has 4 rings (SSSR count). The minimum Gasteiger partial charge on any atom is -0.296 e. The van der Waals surface area contributed by atoms with Crippen LogP contribution in [0.5, 0.6) is 0 Å². The molecule has 1 saturated carbocycles. The fraction of sp³-hybridized carbons (Fsp3) is 0.211. The van der Waals surface area contributed by atoms with E-state index in [9.17, 15) is 4.79 Å². The summed E-state index contributed by atoms with van der Waals surface area (Å²) in [5.41, 5.74) is 2.60. The summed E-state index contributed by atoms with van der Waals surface area (Å²) in [6, 6.07) is 13.1. The van der Waals surface area contributed by atoms with Crippen molar-refractivity contribution in [3.63, 3.8) is 0 Å². The molecule has 132 valence electrons. The Balaban J connectivity index is 1.50. The van der Waals surface area contributed by atoms with Gasteiger partial charge in [-0.2, -0.15) is 0 Å². The standard InChI is InChI=1S/C19H16ClN3OS2/c20-14-6-2-1-5-13(14)11-25-18-16(12-8-9-12)22-19(26-18)23-17(24)15-7-3-4-10-21-15/h1-7,10,12H,8-9,11H2,(H,22,23,24). The SMILES string of the molecule is O=C(Nc1nc(C2CC2)c(SCc2ccccc2Cl)s1)c1ccccn1. The molecule has 1 amide bonds. The topological polar surface area (TPSA) is 54.9 Å². The molecule has 1 fully saturated rings. The molecule has 1 N–H and O–H groups in total. The average molecular weight is 402 g/mol. The summed E-state index contributed by atoms with van der Waals surface area (Å²) in [4.78, 5) is 21.1. The van der Waals surface area contributed by atoms with E-state index >= 15 is 0 Å². The molecule has 0 aliphatic heterocycles. The van der Waals surface area contributed by atoms with E-state index in [1.165, 1.54) is 11.3 Å². The van der Waals surface area contributed by atoms with Crippen molar-refractivity contribution in [1.82, 2.24) is 9.97 Å². The summed E-state index contributed by atoms with van der Waals surface area (Å²) in [5, 5.41) is 4.29. The molecule has 4 nitrogen and oxygen atoms in total. The van der Waals surface area contributed by atoms with Crippen LogP contribution in [0, 0.1) is 0 Å². The van der Waals surface area contributed by atoms with Crippen LogP contribution >= 0.6 is 34.7 Å². The zero-order valence-electron chi connectivity index (χ0n) is 13.8. The fourth-order valence-electron chi connectivity index (χ4n) is 2.51. The van der Waals surface area contributed by atoms with Gasteiger partial charge in [-0.05, 0) is 36.6 Å². The number of nitrogens with zero attached hydrogens (tertiary/aromatic N) is 2. The number of thioether (sulfide) groups is 1. The number of halogens is 1. The van der Waals surface area contributed by atoms with Gasteiger partial charge in [-0.3, -0.25) is 15.1 Å². The number of thiazole rings is 1. The minimum absolute atomic E-state index is 0.232. The number of benzene rings is 1. The first-order valence-electron chi connectivity index (χ1n) is 8.30. The van der Waals surface area contributed by atoms with Gasteiger partial charge in [-0.1, -0.05) is 47.2 Å². The molecule has 1 aliphatic rings. The first kappa shape index (κ1) is 17.5. The van der Waals surface area contributed by atoms with Gasteiger partial charge in [0, 0.05) is 22.9 Å². The van der Waals surface area contributed by atoms with Crippen molar-refractivity contribution in [2.24, 2.45) is 0 Å². The number of nitrogens with one attached hydrogen (secondary N) is 1. The van der Waals surface area contributed by atoms with Crippen LogP contribution in [0.15, 0.2) is 52.9 Å². The van der Waals surface area contributed by atoms with Crippen LogP contribution in [-0.4, -0.2) is 15.9 Å². The van der Waals surface area contributed by atoms with Crippen molar-refractivity contribution < 1.29 is 4.79 Å². The van der Waals surface area contributed by atoms with Gasteiger partial charge in [-0.15, -0.1) is 11.8 Å². The number of carbonyl (C=O) groups is 1. The third-order valence-electron chi connectivity index (χ3n) is 4.02. The van der Waals surface area contributed by atoms with E-state index in [4.69, 9.17) is 11.6 Å². The summed E-state index contributed by atoms with van der Waals surface area (Å²) in [6.07, 6.45) is 3.94. The normalized spacial score (nSPS) is 13.6. The predicted octanol–water partition coefficient (Wildman–Crippen LogP) is 5.61. The Hall–Kier alpha value is -1.89. The van der Waals surface area contributed by atoms with Gasteiger partial charge in [0.1, 0.15) is 5.69 Å². The molecule has 0 spiro atoms. The van der Waals surface area contributed by atoms with E-state index in [0.717, 1.165) is 39.1 Å². The Morgan fingerprint density at radius 3 is 2.77 bits per heavy atom. The van der Waals surface area contributed by atoms with Crippen LogP contribution in [0.25, 0.3) is 0 Å². The van der Waals surface area contributed by atoms with E-state index in [2.05, 4.69) is 15.3 Å². The van der Waals surface area contributed by atoms with Crippen LogP contribution in [-0.2, 0) is 5.75 Å². The average Bonchev–Trinajstić information content (AvgIpc) is 3.43. The quantitative estimate of drug-likeness (QED) is 0.545. The van der Waals surface area contributed by atoms with Crippen LogP contribution in [0.1, 0.15) is 40.5 Å². The summed E-state index contributed by atoms with van der Waals surface area (Å²) in [7, 11) is 0. The highest BCUT2D eigenvalue weighted by Gasteiger charge is 2.30. The van der Waals surface area contributed by atoms with Crippen LogP contribution < -0.4 is 5.32 Å². The lowest BCUT2D eigenvalue weighted by Crippen LogP contribution is -2.13. The zero-order chi connectivity index (χ0) is 17.9. The van der Waals surface area contributed by atoms with E-state index < -0.39 is 0 Å². The van der Waals surface area contributed by atoms with E-state index in [1.54, 1.807) is 36.2 Å². The van der Waals surface area contributed by atoms with Crippen LogP contribution in [0.2, 0.25) is 5.02 Å². The minimum atomic E-state index is -0.232. The van der Waals surface area contributed by atoms with Crippen LogP contribution in [0.4, 0.5) is 5.13 Å². The maximum absolute atomic E-state index is 12.3. The molecule has 1 aliphatic carbocycles. The smallest absolute Gasteiger partial charge is 0.276 e. The number of amides is 1. The summed E-state index contributed by atoms with van der Waals surface area (Å²) in [6.45, 7) is 0. The number of anilines is 1. The van der Waals surface area contributed by atoms with Gasteiger partial charge in [0.25, 0.3) is 5.91 Å². The molecule has 1 aromatic carbocycles. The number of pyridine rings is 1. The molecule has 26 heavy (non-hydrogen) atoms. The van der Waals surface area contributed by atoms with Crippen molar-refractivity contribution >= 4 is 45.7 Å². The lowest BCUT2D eigenvalue weighted by Gasteiger charge is -2.03. The zero-order valence-corrected chi connectivity index (χ0v) is 16.2. The molecule has 3 aromatic rings. The Morgan fingerprint density at radius 1 is 1.23 bits per heavy atom. The maximum Gasteiger partial charge on any atom is 0.276 e. The first-order chi connectivity index (χ1) is 12.7. The number of hydrogen-bond donors (Lipinski definition) is 1. The largest absolute Gasteiger partial charge is 0.296 e. The Bertz CT molecular complexity index is 926. The second-order valence-corrected chi connectivity index (χ2v) is 8.67. The lowest BCUT2D eigenvalue weighted by atomic mass is 10.2. The van der Waals surface area contributed by atoms with Crippen molar-refractivity contribution in [3.8, 4) is 0 Å². The van der Waals surface area contributed by atoms with Gasteiger partial charge in [0.15, 0.2) is 5.13 Å². The third kappa shape index (κ3) is 4.09. The molecule has 0 atom stereocenters. The first-order valence-corrected chi connectivity index (χ1v) is 10.5. The van der Waals surface area contributed by atoms with Gasteiger partial charge < -0.3 is 0 Å².